The lowest BCUT2D eigenvalue weighted by Crippen LogP contribution is -2.23. The Hall–Kier alpha value is -3.01. The molecule has 0 bridgehead atoms. The van der Waals surface area contributed by atoms with Gasteiger partial charge in [-0.2, -0.15) is 0 Å². The molecule has 1 amide bonds. The highest BCUT2D eigenvalue weighted by Gasteiger charge is 2.21. The number of carbonyl (C=O) groups is 1. The molecule has 3 rings (SSSR count). The minimum atomic E-state index is -3.68. The van der Waals surface area contributed by atoms with Gasteiger partial charge in [-0.1, -0.05) is 6.07 Å². The van der Waals surface area contributed by atoms with Gasteiger partial charge in [0.1, 0.15) is 0 Å². The van der Waals surface area contributed by atoms with Gasteiger partial charge in [0.25, 0.3) is 5.91 Å². The number of pyridine rings is 1. The van der Waals surface area contributed by atoms with Crippen molar-refractivity contribution in [1.82, 2.24) is 14.2 Å². The van der Waals surface area contributed by atoms with E-state index in [2.05, 4.69) is 15.2 Å². The summed E-state index contributed by atoms with van der Waals surface area (Å²) in [5, 5.41) is 3.71. The maximum Gasteiger partial charge on any atom is 0.255 e. The number of aromatic amines is 1. The van der Waals surface area contributed by atoms with Gasteiger partial charge < -0.3 is 15.2 Å². The Kier molecular flexibility index (Phi) is 7.36. The quantitative estimate of drug-likeness (QED) is 0.527. The molecule has 1 aromatic heterocycles. The number of nitrogens with one attached hydrogen (secondary N) is 2. The summed E-state index contributed by atoms with van der Waals surface area (Å²) in [5.74, 6) is -0.382. The summed E-state index contributed by atoms with van der Waals surface area (Å²) in [4.78, 5) is 29.9. The van der Waals surface area contributed by atoms with E-state index in [-0.39, 0.29) is 16.4 Å². The smallest absolute Gasteiger partial charge is 0.255 e. The predicted octanol–water partition coefficient (Wildman–Crippen LogP) is 2.83. The van der Waals surface area contributed by atoms with Crippen LogP contribution >= 0.6 is 0 Å². The summed E-state index contributed by atoms with van der Waals surface area (Å²) in [6, 6.07) is 11.5. The van der Waals surface area contributed by atoms with Crippen LogP contribution in [-0.4, -0.2) is 63.2 Å². The van der Waals surface area contributed by atoms with E-state index >= 15 is 0 Å². The number of hydrogen-bond acceptors (Lipinski definition) is 5. The van der Waals surface area contributed by atoms with Gasteiger partial charge in [0.2, 0.25) is 15.6 Å². The van der Waals surface area contributed by atoms with Crippen molar-refractivity contribution in [3.63, 3.8) is 0 Å². The zero-order chi connectivity index (χ0) is 24.3. The normalized spacial score (nSPS) is 12.0. The van der Waals surface area contributed by atoms with E-state index in [1.165, 1.54) is 26.2 Å². The number of rotatable bonds is 8. The van der Waals surface area contributed by atoms with Crippen molar-refractivity contribution in [2.24, 2.45) is 0 Å². The van der Waals surface area contributed by atoms with Gasteiger partial charge in [-0.3, -0.25) is 9.59 Å². The van der Waals surface area contributed by atoms with Crippen LogP contribution in [0.2, 0.25) is 0 Å². The first-order valence-electron chi connectivity index (χ1n) is 10.6. The molecular weight excluding hydrogens is 440 g/mol. The first-order chi connectivity index (χ1) is 15.5. The Morgan fingerprint density at radius 1 is 1.03 bits per heavy atom. The molecule has 0 aliphatic carbocycles. The minimum Gasteiger partial charge on any atom is -0.322 e. The largest absolute Gasteiger partial charge is 0.322 e. The Morgan fingerprint density at radius 2 is 1.76 bits per heavy atom. The van der Waals surface area contributed by atoms with Crippen LogP contribution in [0, 0.1) is 6.92 Å². The molecule has 0 aliphatic heterocycles. The van der Waals surface area contributed by atoms with Crippen LogP contribution < -0.4 is 10.9 Å². The monoisotopic (exact) mass is 470 g/mol. The van der Waals surface area contributed by atoms with Crippen molar-refractivity contribution in [2.45, 2.75) is 24.7 Å². The van der Waals surface area contributed by atoms with Crippen LogP contribution in [0.5, 0.6) is 0 Å². The molecule has 8 nitrogen and oxygen atoms in total. The molecule has 0 spiro atoms. The Labute approximate surface area is 194 Å². The van der Waals surface area contributed by atoms with Crippen molar-refractivity contribution < 1.29 is 13.2 Å². The van der Waals surface area contributed by atoms with E-state index in [1.54, 1.807) is 30.3 Å². The fourth-order valence-corrected chi connectivity index (χ4v) is 4.57. The van der Waals surface area contributed by atoms with Gasteiger partial charge in [-0.15, -0.1) is 0 Å². The molecule has 1 heterocycles. The number of hydrogen-bond donors (Lipinski definition) is 2. The van der Waals surface area contributed by atoms with Crippen LogP contribution in [0.15, 0.2) is 52.2 Å². The molecule has 3 aromatic rings. The van der Waals surface area contributed by atoms with Crippen molar-refractivity contribution >= 4 is 32.5 Å². The second kappa shape index (κ2) is 9.86. The van der Waals surface area contributed by atoms with Gasteiger partial charge in [0, 0.05) is 42.3 Å². The zero-order valence-electron chi connectivity index (χ0n) is 19.6. The Bertz CT molecular complexity index is 1340. The van der Waals surface area contributed by atoms with Crippen LogP contribution in [0.1, 0.15) is 27.9 Å². The molecule has 0 radical (unpaired) electrons. The number of amides is 1. The summed E-state index contributed by atoms with van der Waals surface area (Å²) in [7, 11) is 3.20. The van der Waals surface area contributed by atoms with Crippen molar-refractivity contribution in [2.75, 3.05) is 40.1 Å². The highest BCUT2D eigenvalue weighted by atomic mass is 32.2. The van der Waals surface area contributed by atoms with Gasteiger partial charge in [-0.25, -0.2) is 12.7 Å². The fourth-order valence-electron chi connectivity index (χ4n) is 3.64. The molecule has 176 valence electrons. The van der Waals surface area contributed by atoms with Crippen LogP contribution in [0.4, 0.5) is 5.69 Å². The summed E-state index contributed by atoms with van der Waals surface area (Å²) < 4.78 is 26.4. The van der Waals surface area contributed by atoms with Crippen LogP contribution in [0.25, 0.3) is 10.9 Å². The number of aromatic nitrogens is 1. The fraction of sp³-hybridized carbons (Fsp3) is 0.333. The van der Waals surface area contributed by atoms with E-state index in [9.17, 15) is 18.0 Å². The molecule has 0 unspecified atom stereocenters. The number of fused-ring (bicyclic) bond motifs is 1. The first kappa shape index (κ1) is 24.6. The maximum absolute atomic E-state index is 13.3. The average Bonchev–Trinajstić information content (AvgIpc) is 2.73. The third-order valence-electron chi connectivity index (χ3n) is 5.46. The molecular formula is C24H30N4O4S. The predicted molar refractivity (Wildman–Crippen MR) is 131 cm³/mol. The van der Waals surface area contributed by atoms with Crippen molar-refractivity contribution in [3.8, 4) is 0 Å². The second-order valence-corrected chi connectivity index (χ2v) is 10.7. The van der Waals surface area contributed by atoms with Gasteiger partial charge in [0.15, 0.2) is 0 Å². The van der Waals surface area contributed by atoms with Gasteiger partial charge >= 0.3 is 0 Å². The van der Waals surface area contributed by atoms with Crippen molar-refractivity contribution in [3.05, 3.63) is 69.5 Å². The molecule has 0 saturated heterocycles. The average molecular weight is 471 g/mol. The molecule has 0 atom stereocenters. The molecule has 0 aliphatic rings. The minimum absolute atomic E-state index is 0.0703. The van der Waals surface area contributed by atoms with E-state index < -0.39 is 10.0 Å². The summed E-state index contributed by atoms with van der Waals surface area (Å²) >= 11 is 0. The third-order valence-corrected chi connectivity index (χ3v) is 7.27. The number of nitrogens with zero attached hydrogens (tertiary/aromatic N) is 2. The van der Waals surface area contributed by atoms with E-state index in [0.717, 1.165) is 33.8 Å². The number of H-pyrrole nitrogens is 1. The second-order valence-electron chi connectivity index (χ2n) is 8.54. The molecule has 0 saturated carbocycles. The Balaban J connectivity index is 1.98. The summed E-state index contributed by atoms with van der Waals surface area (Å²) in [6.07, 6.45) is 1.47. The lowest BCUT2D eigenvalue weighted by Gasteiger charge is -2.16. The van der Waals surface area contributed by atoms with E-state index in [1.807, 2.05) is 21.0 Å². The number of sulfonamides is 1. The highest BCUT2D eigenvalue weighted by Crippen LogP contribution is 2.23. The van der Waals surface area contributed by atoms with Crippen LogP contribution in [0.3, 0.4) is 0 Å². The number of anilines is 1. The molecule has 2 N–H and O–H groups in total. The lowest BCUT2D eigenvalue weighted by molar-refractivity contribution is 0.102. The third kappa shape index (κ3) is 5.68. The van der Waals surface area contributed by atoms with Gasteiger partial charge in [-0.05, 0) is 81.9 Å². The lowest BCUT2D eigenvalue weighted by atomic mass is 10.0. The number of carbonyl (C=O) groups excluding carboxylic acids is 1. The number of aryl methyl sites for hydroxylation is 2. The zero-order valence-corrected chi connectivity index (χ0v) is 20.4. The van der Waals surface area contributed by atoms with Crippen LogP contribution in [-0.2, 0) is 16.4 Å². The molecule has 2 aromatic carbocycles. The standard InChI is InChI=1S/C24H30N4O4S/c1-16-13-23(29)26-22-11-9-18(14-20(16)22)25-24(30)21-15-19(33(31,32)28(4)5)10-8-17(21)7-6-12-27(2)3/h8-11,13-15H,6-7,12H2,1-5H3,(H,25,30)(H,26,29). The SMILES string of the molecule is Cc1cc(=O)[nH]c2ccc(NC(=O)c3cc(S(=O)(=O)N(C)C)ccc3CCCN(C)C)cc12. The maximum atomic E-state index is 13.3. The van der Waals surface area contributed by atoms with E-state index in [0.29, 0.717) is 23.2 Å². The van der Waals surface area contributed by atoms with E-state index in [4.69, 9.17) is 0 Å². The molecule has 9 heteroatoms. The Morgan fingerprint density at radius 3 is 2.42 bits per heavy atom. The topological polar surface area (TPSA) is 103 Å². The molecule has 33 heavy (non-hydrogen) atoms. The number of benzene rings is 2. The van der Waals surface area contributed by atoms with Gasteiger partial charge in [0.05, 0.1) is 4.90 Å². The first-order valence-corrected chi connectivity index (χ1v) is 12.1. The molecule has 0 fully saturated rings. The summed E-state index contributed by atoms with van der Waals surface area (Å²) in [5.41, 5.74) is 2.97. The highest BCUT2D eigenvalue weighted by molar-refractivity contribution is 7.89. The summed E-state index contributed by atoms with van der Waals surface area (Å²) in [6.45, 7) is 2.68. The van der Waals surface area contributed by atoms with Crippen molar-refractivity contribution in [1.29, 1.82) is 0 Å².